The molecule has 4 rings (SSSR count). The molecular weight excluding hydrogens is 420 g/mol. The van der Waals surface area contributed by atoms with Gasteiger partial charge in [-0.3, -0.25) is 14.2 Å². The molecule has 2 aromatic carbocycles. The number of nitrogens with zero attached hydrogens (tertiary/aromatic N) is 3. The Labute approximate surface area is 180 Å². The van der Waals surface area contributed by atoms with E-state index >= 15 is 0 Å². The maximum absolute atomic E-state index is 14.6. The van der Waals surface area contributed by atoms with Gasteiger partial charge in [0.15, 0.2) is 5.57 Å². The summed E-state index contributed by atoms with van der Waals surface area (Å²) in [7, 11) is 0. The van der Waals surface area contributed by atoms with Gasteiger partial charge in [0.2, 0.25) is 0 Å². The fraction of sp³-hybridized carbons (Fsp3) is 0.174. The van der Waals surface area contributed by atoms with Gasteiger partial charge in [0.25, 0.3) is 11.5 Å². The molecule has 5 nitrogen and oxygen atoms in total. The lowest BCUT2D eigenvalue weighted by Gasteiger charge is -2.14. The Hall–Kier alpha value is -3.57. The van der Waals surface area contributed by atoms with Crippen LogP contribution in [0.15, 0.2) is 53.3 Å². The van der Waals surface area contributed by atoms with Crippen molar-refractivity contribution in [2.75, 3.05) is 13.1 Å². The molecular formula is C23H17F2N3O2S. The van der Waals surface area contributed by atoms with Gasteiger partial charge in [-0.1, -0.05) is 30.3 Å². The van der Waals surface area contributed by atoms with E-state index in [1.54, 1.807) is 23.1 Å². The molecule has 0 spiro atoms. The fourth-order valence-corrected chi connectivity index (χ4v) is 4.59. The number of rotatable bonds is 3. The normalized spacial score (nSPS) is 15.1. The lowest BCUT2D eigenvalue weighted by Crippen LogP contribution is -2.35. The van der Waals surface area contributed by atoms with Crippen molar-refractivity contribution < 1.29 is 13.6 Å². The van der Waals surface area contributed by atoms with Crippen molar-refractivity contribution in [1.29, 1.82) is 5.26 Å². The summed E-state index contributed by atoms with van der Waals surface area (Å²) in [6, 6.07) is 13.8. The average molecular weight is 437 g/mol. The zero-order chi connectivity index (χ0) is 22.0. The highest BCUT2D eigenvalue weighted by Gasteiger charge is 2.25. The molecule has 0 saturated carbocycles. The van der Waals surface area contributed by atoms with Crippen LogP contribution >= 0.6 is 11.3 Å². The van der Waals surface area contributed by atoms with Crippen LogP contribution in [0.3, 0.4) is 0 Å². The van der Waals surface area contributed by atoms with Gasteiger partial charge >= 0.3 is 0 Å². The van der Waals surface area contributed by atoms with E-state index in [9.17, 15) is 23.6 Å². The predicted molar refractivity (Wildman–Crippen MR) is 114 cm³/mol. The second-order valence-corrected chi connectivity index (χ2v) is 8.08. The quantitative estimate of drug-likeness (QED) is 0.632. The third-order valence-electron chi connectivity index (χ3n) is 5.00. The Balaban J connectivity index is 2.05. The van der Waals surface area contributed by atoms with E-state index in [2.05, 4.69) is 0 Å². The van der Waals surface area contributed by atoms with Crippen molar-refractivity contribution in [3.05, 3.63) is 85.3 Å². The zero-order valence-corrected chi connectivity index (χ0v) is 17.2. The third kappa shape index (κ3) is 4.05. The van der Waals surface area contributed by atoms with Crippen LogP contribution in [-0.2, 0) is 4.79 Å². The lowest BCUT2D eigenvalue weighted by atomic mass is 10.2. The summed E-state index contributed by atoms with van der Waals surface area (Å²) < 4.78 is 29.3. The fourth-order valence-electron chi connectivity index (χ4n) is 3.50. The monoisotopic (exact) mass is 437 g/mol. The first-order chi connectivity index (χ1) is 15.0. The minimum Gasteiger partial charge on any atom is -0.338 e. The van der Waals surface area contributed by atoms with E-state index in [4.69, 9.17) is 0 Å². The number of amides is 1. The number of hydrogen-bond donors (Lipinski definition) is 0. The van der Waals surface area contributed by atoms with Gasteiger partial charge < -0.3 is 4.90 Å². The number of likely N-dealkylation sites (tertiary alicyclic amines) is 1. The van der Waals surface area contributed by atoms with Crippen molar-refractivity contribution in [2.45, 2.75) is 12.8 Å². The highest BCUT2D eigenvalue weighted by molar-refractivity contribution is 7.07. The SMILES string of the molecule is N#C/C(C(=O)N1CCCC1)=c1/s/c(=C/c2ccccc2)c(=O)n1-c1ccc(F)cc1F. The highest BCUT2D eigenvalue weighted by atomic mass is 32.1. The molecule has 1 aromatic heterocycles. The van der Waals surface area contributed by atoms with E-state index < -0.39 is 23.1 Å². The van der Waals surface area contributed by atoms with E-state index in [1.807, 2.05) is 24.3 Å². The number of carbonyl (C=O) groups is 1. The number of carbonyl (C=O) groups excluding carboxylic acids is 1. The molecule has 3 aromatic rings. The summed E-state index contributed by atoms with van der Waals surface area (Å²) >= 11 is 0.936. The average Bonchev–Trinajstić information content (AvgIpc) is 3.39. The van der Waals surface area contributed by atoms with Gasteiger partial charge in [0.1, 0.15) is 22.4 Å². The van der Waals surface area contributed by atoms with Crippen LogP contribution in [0.2, 0.25) is 0 Å². The molecule has 31 heavy (non-hydrogen) atoms. The summed E-state index contributed by atoms with van der Waals surface area (Å²) in [6.07, 6.45) is 3.28. The number of aromatic nitrogens is 1. The standard InChI is InChI=1S/C23H17F2N3O2S/c24-16-8-9-19(18(25)13-16)28-22(30)20(12-15-6-2-1-3-7-15)31-23(28)17(14-26)21(29)27-10-4-5-11-27/h1-3,6-9,12-13H,4-5,10-11H2/b20-12+,23-17-. The van der Waals surface area contributed by atoms with Crippen LogP contribution in [0.25, 0.3) is 17.3 Å². The Morgan fingerprint density at radius 1 is 1.10 bits per heavy atom. The van der Waals surface area contributed by atoms with Crippen LogP contribution in [0.1, 0.15) is 18.4 Å². The van der Waals surface area contributed by atoms with Crippen molar-refractivity contribution in [2.24, 2.45) is 0 Å². The molecule has 1 amide bonds. The van der Waals surface area contributed by atoms with Gasteiger partial charge in [0.05, 0.1) is 10.2 Å². The number of thiazole rings is 1. The molecule has 156 valence electrons. The molecule has 1 saturated heterocycles. The molecule has 0 unspecified atom stereocenters. The Morgan fingerprint density at radius 2 is 1.81 bits per heavy atom. The summed E-state index contributed by atoms with van der Waals surface area (Å²) in [6.45, 7) is 1.04. The molecule has 0 radical (unpaired) electrons. The van der Waals surface area contributed by atoms with E-state index in [0.29, 0.717) is 19.2 Å². The smallest absolute Gasteiger partial charge is 0.273 e. The number of halogens is 2. The third-order valence-corrected chi connectivity index (χ3v) is 6.10. The highest BCUT2D eigenvalue weighted by Crippen LogP contribution is 2.14. The number of benzene rings is 2. The zero-order valence-electron chi connectivity index (χ0n) is 16.3. The maximum Gasteiger partial charge on any atom is 0.273 e. The van der Waals surface area contributed by atoms with Gasteiger partial charge in [-0.05, 0) is 36.6 Å². The topological polar surface area (TPSA) is 66.1 Å². The van der Waals surface area contributed by atoms with Crippen LogP contribution in [0.4, 0.5) is 8.78 Å². The van der Waals surface area contributed by atoms with Gasteiger partial charge in [-0.15, -0.1) is 11.3 Å². The van der Waals surface area contributed by atoms with Crippen LogP contribution < -0.4 is 14.8 Å². The summed E-state index contributed by atoms with van der Waals surface area (Å²) in [4.78, 5) is 27.8. The number of nitriles is 1. The van der Waals surface area contributed by atoms with Gasteiger partial charge in [-0.2, -0.15) is 5.26 Å². The van der Waals surface area contributed by atoms with Crippen LogP contribution in [0.5, 0.6) is 0 Å². The van der Waals surface area contributed by atoms with Crippen LogP contribution in [0, 0.1) is 23.0 Å². The minimum absolute atomic E-state index is 0.0251. The molecule has 2 heterocycles. The molecule has 8 heteroatoms. The van der Waals surface area contributed by atoms with Crippen molar-refractivity contribution in [1.82, 2.24) is 9.47 Å². The molecule has 0 N–H and O–H groups in total. The van der Waals surface area contributed by atoms with Gasteiger partial charge in [0, 0.05) is 19.2 Å². The lowest BCUT2D eigenvalue weighted by molar-refractivity contribution is -0.123. The Morgan fingerprint density at radius 3 is 2.45 bits per heavy atom. The van der Waals surface area contributed by atoms with Gasteiger partial charge in [-0.25, -0.2) is 8.78 Å². The summed E-state index contributed by atoms with van der Waals surface area (Å²) in [5.74, 6) is -2.25. The Kier molecular flexibility index (Phi) is 5.78. The molecule has 0 aliphatic carbocycles. The molecule has 1 aliphatic heterocycles. The van der Waals surface area contributed by atoms with E-state index in [0.717, 1.165) is 46.4 Å². The first-order valence-corrected chi connectivity index (χ1v) is 10.5. The minimum atomic E-state index is -0.960. The summed E-state index contributed by atoms with van der Waals surface area (Å²) in [5, 5.41) is 9.78. The first kappa shape index (κ1) is 20.7. The van der Waals surface area contributed by atoms with Crippen molar-refractivity contribution in [3.63, 3.8) is 0 Å². The number of hydrogen-bond acceptors (Lipinski definition) is 4. The van der Waals surface area contributed by atoms with E-state index in [-0.39, 0.29) is 20.5 Å². The van der Waals surface area contributed by atoms with Crippen LogP contribution in [-0.4, -0.2) is 28.5 Å². The molecule has 1 aliphatic rings. The second-order valence-electron chi connectivity index (χ2n) is 7.05. The van der Waals surface area contributed by atoms with E-state index in [1.165, 1.54) is 0 Å². The molecule has 0 bridgehead atoms. The predicted octanol–water partition coefficient (Wildman–Crippen LogP) is 2.30. The Bertz CT molecular complexity index is 1360. The second kappa shape index (κ2) is 8.66. The van der Waals surface area contributed by atoms with Crippen molar-refractivity contribution >= 4 is 28.9 Å². The van der Waals surface area contributed by atoms with Crippen molar-refractivity contribution in [3.8, 4) is 11.8 Å². The first-order valence-electron chi connectivity index (χ1n) is 9.67. The molecule has 1 fully saturated rings. The molecule has 0 atom stereocenters. The summed E-state index contributed by atoms with van der Waals surface area (Å²) in [5.41, 5.74) is -0.299. The maximum atomic E-state index is 14.6. The largest absolute Gasteiger partial charge is 0.338 e.